The van der Waals surface area contributed by atoms with E-state index in [9.17, 15) is 20.2 Å². The normalized spacial score (nSPS) is 16.9. The van der Waals surface area contributed by atoms with Gasteiger partial charge in [0.1, 0.15) is 23.9 Å². The van der Waals surface area contributed by atoms with Crippen LogP contribution in [0.15, 0.2) is 77.3 Å². The number of hydrogen-bond donors (Lipinski definition) is 1. The van der Waals surface area contributed by atoms with Crippen molar-refractivity contribution in [1.82, 2.24) is 0 Å². The number of nitriles is 1. The fourth-order valence-electron chi connectivity index (χ4n) is 5.82. The lowest BCUT2D eigenvalue weighted by Gasteiger charge is -2.39. The third-order valence-electron chi connectivity index (χ3n) is 7.76. The number of ether oxygens (including phenoxy) is 1. The van der Waals surface area contributed by atoms with Gasteiger partial charge in [0.2, 0.25) is 0 Å². The Labute approximate surface area is 243 Å². The number of para-hydroxylation sites is 2. The second-order valence-corrected chi connectivity index (χ2v) is 10.8. The number of nitro benzene ring substituents is 1. The van der Waals surface area contributed by atoms with Crippen LogP contribution in [0.4, 0.5) is 11.4 Å². The zero-order valence-electron chi connectivity index (χ0n) is 23.0. The van der Waals surface area contributed by atoms with Gasteiger partial charge in [-0.15, -0.1) is 0 Å². The van der Waals surface area contributed by atoms with Gasteiger partial charge in [-0.1, -0.05) is 41.4 Å². The Morgan fingerprint density at radius 1 is 1.15 bits per heavy atom. The fraction of sp³-hybridized carbons (Fsp3) is 0.250. The van der Waals surface area contributed by atoms with Crippen LogP contribution in [0.25, 0.3) is 0 Å². The third kappa shape index (κ3) is 5.05. The van der Waals surface area contributed by atoms with Crippen molar-refractivity contribution in [3.63, 3.8) is 0 Å². The number of rotatable bonds is 6. The Morgan fingerprint density at radius 3 is 2.61 bits per heavy atom. The molecule has 2 aliphatic rings. The number of ketones is 1. The lowest BCUT2D eigenvalue weighted by molar-refractivity contribution is -0.384. The molecule has 208 valence electrons. The maximum Gasteiger partial charge on any atom is 0.293 e. The molecule has 3 aromatic carbocycles. The SMILES string of the molecule is Cc1cc(COc2ccc(Cl)cc2C)c(C)c(C2C(C#N)=C(N)N(c3ccccc3[N+](=O)[O-])C3=C2C(=O)CCC3)c1. The topological polar surface area (TPSA) is 122 Å². The minimum absolute atomic E-state index is 0.0874. The molecule has 1 unspecified atom stereocenters. The van der Waals surface area contributed by atoms with E-state index in [0.717, 1.165) is 27.8 Å². The molecule has 0 saturated heterocycles. The number of nitro groups is 1. The number of nitrogens with zero attached hydrogens (tertiary/aromatic N) is 3. The molecule has 8 nitrogen and oxygen atoms in total. The molecule has 0 radical (unpaired) electrons. The number of benzene rings is 3. The van der Waals surface area contributed by atoms with Gasteiger partial charge in [-0.3, -0.25) is 19.8 Å². The van der Waals surface area contributed by atoms with Gasteiger partial charge >= 0.3 is 0 Å². The standard InChI is InChI=1S/C32H29ClN4O4/c1-18-13-21(17-41-29-12-11-22(33)15-19(29)2)20(3)23(14-18)30-24(16-34)32(35)36(27-9-6-10-28(38)31(27)30)25-7-4-5-8-26(25)37(39)40/h4-5,7-8,11-15,30H,6,9-10,17,35H2,1-3H3. The average Bonchev–Trinajstić information content (AvgIpc) is 2.93. The van der Waals surface area contributed by atoms with Crippen LogP contribution in [0, 0.1) is 42.2 Å². The summed E-state index contributed by atoms with van der Waals surface area (Å²) in [5, 5.41) is 23.0. The minimum Gasteiger partial charge on any atom is -0.489 e. The molecular weight excluding hydrogens is 540 g/mol. The van der Waals surface area contributed by atoms with Crippen molar-refractivity contribution < 1.29 is 14.5 Å². The lowest BCUT2D eigenvalue weighted by atomic mass is 9.73. The molecule has 0 fully saturated rings. The van der Waals surface area contributed by atoms with Crippen LogP contribution in [0.2, 0.25) is 5.02 Å². The molecule has 0 amide bonds. The molecule has 1 atom stereocenters. The number of halogens is 1. The van der Waals surface area contributed by atoms with Gasteiger partial charge in [-0.05, 0) is 80.1 Å². The third-order valence-corrected chi connectivity index (χ3v) is 8.00. The molecule has 1 aliphatic carbocycles. The number of carbonyl (C=O) groups is 1. The molecule has 2 N–H and O–H groups in total. The van der Waals surface area contributed by atoms with Gasteiger partial charge in [-0.2, -0.15) is 5.26 Å². The van der Waals surface area contributed by atoms with Crippen LogP contribution < -0.4 is 15.4 Å². The average molecular weight is 569 g/mol. The van der Waals surface area contributed by atoms with Crippen LogP contribution >= 0.6 is 11.6 Å². The molecule has 0 saturated carbocycles. The van der Waals surface area contributed by atoms with Gasteiger partial charge in [-0.25, -0.2) is 0 Å². The molecule has 0 aromatic heterocycles. The zero-order chi connectivity index (χ0) is 29.4. The monoisotopic (exact) mass is 568 g/mol. The first-order valence-corrected chi connectivity index (χ1v) is 13.7. The summed E-state index contributed by atoms with van der Waals surface area (Å²) < 4.78 is 6.16. The van der Waals surface area contributed by atoms with Crippen molar-refractivity contribution >= 4 is 28.8 Å². The molecule has 1 aliphatic heterocycles. The van der Waals surface area contributed by atoms with Crippen LogP contribution in [-0.2, 0) is 11.4 Å². The Morgan fingerprint density at radius 2 is 1.90 bits per heavy atom. The Balaban J connectivity index is 1.66. The van der Waals surface area contributed by atoms with E-state index in [0.29, 0.717) is 41.3 Å². The van der Waals surface area contributed by atoms with E-state index < -0.39 is 10.8 Å². The van der Waals surface area contributed by atoms with E-state index in [1.807, 2.05) is 45.0 Å². The largest absolute Gasteiger partial charge is 0.489 e. The van der Waals surface area contributed by atoms with Crippen molar-refractivity contribution in [2.75, 3.05) is 4.90 Å². The number of anilines is 1. The fourth-order valence-corrected chi connectivity index (χ4v) is 6.05. The Bertz CT molecular complexity index is 1700. The number of hydrogen-bond acceptors (Lipinski definition) is 7. The van der Waals surface area contributed by atoms with Crippen LogP contribution in [0.3, 0.4) is 0 Å². The summed E-state index contributed by atoms with van der Waals surface area (Å²) >= 11 is 6.10. The molecular formula is C32H29ClN4O4. The molecule has 1 heterocycles. The highest BCUT2D eigenvalue weighted by Gasteiger charge is 2.42. The van der Waals surface area contributed by atoms with Gasteiger partial charge in [0.25, 0.3) is 5.69 Å². The quantitative estimate of drug-likeness (QED) is 0.249. The van der Waals surface area contributed by atoms with E-state index in [-0.39, 0.29) is 35.2 Å². The van der Waals surface area contributed by atoms with Gasteiger partial charge < -0.3 is 10.5 Å². The molecule has 0 bridgehead atoms. The predicted molar refractivity (Wildman–Crippen MR) is 157 cm³/mol. The number of allylic oxidation sites excluding steroid dienone is 3. The number of aryl methyl sites for hydroxylation is 2. The smallest absolute Gasteiger partial charge is 0.293 e. The van der Waals surface area contributed by atoms with Crippen LogP contribution in [0.1, 0.15) is 53.0 Å². The maximum absolute atomic E-state index is 13.6. The number of Topliss-reactive ketones (excluding diaryl/α,β-unsaturated/α-hetero) is 1. The molecule has 5 rings (SSSR count). The van der Waals surface area contributed by atoms with E-state index in [4.69, 9.17) is 22.1 Å². The number of nitrogens with two attached hydrogens (primary N) is 1. The van der Waals surface area contributed by atoms with Crippen LogP contribution in [-0.4, -0.2) is 10.7 Å². The van der Waals surface area contributed by atoms with Crippen LogP contribution in [0.5, 0.6) is 5.75 Å². The van der Waals surface area contributed by atoms with Crippen molar-refractivity contribution in [2.45, 2.75) is 52.6 Å². The molecule has 3 aromatic rings. The van der Waals surface area contributed by atoms with Crippen molar-refractivity contribution in [2.24, 2.45) is 5.73 Å². The summed E-state index contributed by atoms with van der Waals surface area (Å²) in [6.07, 6.45) is 1.41. The molecule has 41 heavy (non-hydrogen) atoms. The first kappa shape index (κ1) is 27.9. The summed E-state index contributed by atoms with van der Waals surface area (Å²) in [7, 11) is 0. The van der Waals surface area contributed by atoms with E-state index in [1.165, 1.54) is 11.0 Å². The summed E-state index contributed by atoms with van der Waals surface area (Å²) in [6, 6.07) is 18.0. The van der Waals surface area contributed by atoms with Crippen molar-refractivity contribution in [3.8, 4) is 11.8 Å². The highest BCUT2D eigenvalue weighted by atomic mass is 35.5. The van der Waals surface area contributed by atoms with Crippen molar-refractivity contribution in [1.29, 1.82) is 5.26 Å². The minimum atomic E-state index is -0.697. The van der Waals surface area contributed by atoms with Gasteiger partial charge in [0, 0.05) is 28.8 Å². The Hall–Kier alpha value is -4.61. The zero-order valence-corrected chi connectivity index (χ0v) is 23.8. The summed E-state index contributed by atoms with van der Waals surface area (Å²) in [4.78, 5) is 26.6. The highest BCUT2D eigenvalue weighted by molar-refractivity contribution is 6.30. The van der Waals surface area contributed by atoms with E-state index >= 15 is 0 Å². The molecule has 9 heteroatoms. The second kappa shape index (κ2) is 11.1. The van der Waals surface area contributed by atoms with Gasteiger partial charge in [0.05, 0.1) is 22.5 Å². The summed E-state index contributed by atoms with van der Waals surface area (Å²) in [6.45, 7) is 6.11. The lowest BCUT2D eigenvalue weighted by Crippen LogP contribution is -2.39. The van der Waals surface area contributed by atoms with Crippen molar-refractivity contribution in [3.05, 3.63) is 120 Å². The first-order chi connectivity index (χ1) is 19.6. The van der Waals surface area contributed by atoms with E-state index in [1.54, 1.807) is 24.3 Å². The summed E-state index contributed by atoms with van der Waals surface area (Å²) in [5.41, 5.74) is 12.5. The maximum atomic E-state index is 13.6. The first-order valence-electron chi connectivity index (χ1n) is 13.3. The molecule has 0 spiro atoms. The summed E-state index contributed by atoms with van der Waals surface area (Å²) in [5.74, 6) is 0.0213. The predicted octanol–water partition coefficient (Wildman–Crippen LogP) is 7.06. The van der Waals surface area contributed by atoms with Gasteiger partial charge in [0.15, 0.2) is 5.78 Å². The number of carbonyl (C=O) groups excluding carboxylic acids is 1. The van der Waals surface area contributed by atoms with E-state index in [2.05, 4.69) is 6.07 Å². The Kier molecular flexibility index (Phi) is 7.57. The second-order valence-electron chi connectivity index (χ2n) is 10.4. The highest BCUT2D eigenvalue weighted by Crippen LogP contribution is 2.48.